The predicted octanol–water partition coefficient (Wildman–Crippen LogP) is 5.25. The summed E-state index contributed by atoms with van der Waals surface area (Å²) in [6, 6.07) is 0.869. The molecule has 2 saturated heterocycles. The van der Waals surface area contributed by atoms with Crippen LogP contribution in [0.5, 0.6) is 12.0 Å². The van der Waals surface area contributed by atoms with Crippen LogP contribution in [-0.4, -0.2) is 59.3 Å². The van der Waals surface area contributed by atoms with Gasteiger partial charge in [-0.05, 0) is 63.2 Å². The molecular formula is C26H42N6O2. The monoisotopic (exact) mass is 470 g/mol. The van der Waals surface area contributed by atoms with Gasteiger partial charge in [0.25, 0.3) is 0 Å². The molecule has 0 aliphatic carbocycles. The minimum absolute atomic E-state index is 0.434. The van der Waals surface area contributed by atoms with Crippen LogP contribution in [0.25, 0.3) is 11.0 Å². The van der Waals surface area contributed by atoms with Gasteiger partial charge in [0.15, 0.2) is 11.6 Å². The topological polar surface area (TPSA) is 76.5 Å². The maximum Gasteiger partial charge on any atom is 0.319 e. The van der Waals surface area contributed by atoms with Crippen LogP contribution in [0.1, 0.15) is 79.1 Å². The third kappa shape index (κ3) is 6.39. The van der Waals surface area contributed by atoms with E-state index in [-0.39, 0.29) is 0 Å². The highest BCUT2D eigenvalue weighted by atomic mass is 16.5. The zero-order chi connectivity index (χ0) is 23.9. The summed E-state index contributed by atoms with van der Waals surface area (Å²) < 4.78 is 12.1. The van der Waals surface area contributed by atoms with Crippen molar-refractivity contribution in [3.05, 3.63) is 0 Å². The van der Waals surface area contributed by atoms with E-state index in [1.54, 1.807) is 0 Å². The Bertz CT molecular complexity index is 848. The quantitative estimate of drug-likeness (QED) is 0.466. The van der Waals surface area contributed by atoms with Gasteiger partial charge in [-0.3, -0.25) is 0 Å². The average molecular weight is 471 g/mol. The molecule has 4 rings (SSSR count). The molecule has 2 aromatic heterocycles. The van der Waals surface area contributed by atoms with Crippen molar-refractivity contribution in [2.45, 2.75) is 79.1 Å². The minimum atomic E-state index is 0.434. The van der Waals surface area contributed by atoms with Gasteiger partial charge in [0.1, 0.15) is 11.0 Å². The van der Waals surface area contributed by atoms with Crippen molar-refractivity contribution >= 4 is 22.7 Å². The van der Waals surface area contributed by atoms with Crippen molar-refractivity contribution in [3.63, 3.8) is 0 Å². The second kappa shape index (κ2) is 11.8. The van der Waals surface area contributed by atoms with E-state index >= 15 is 0 Å². The maximum absolute atomic E-state index is 6.07. The van der Waals surface area contributed by atoms with Gasteiger partial charge in [-0.25, -0.2) is 0 Å². The van der Waals surface area contributed by atoms with Crippen molar-refractivity contribution in [1.82, 2.24) is 19.9 Å². The number of hydrogen-bond acceptors (Lipinski definition) is 8. The second-order valence-electron chi connectivity index (χ2n) is 10.5. The van der Waals surface area contributed by atoms with E-state index in [1.807, 2.05) is 0 Å². The fourth-order valence-corrected chi connectivity index (χ4v) is 4.50. The number of piperidine rings is 2. The van der Waals surface area contributed by atoms with Crippen LogP contribution in [0.15, 0.2) is 0 Å². The molecule has 188 valence electrons. The van der Waals surface area contributed by atoms with Gasteiger partial charge in [0, 0.05) is 26.2 Å². The molecule has 0 amide bonds. The molecule has 0 saturated carbocycles. The van der Waals surface area contributed by atoms with E-state index < -0.39 is 0 Å². The number of nitrogens with zero attached hydrogens (tertiary/aromatic N) is 6. The van der Waals surface area contributed by atoms with Gasteiger partial charge >= 0.3 is 12.0 Å². The summed E-state index contributed by atoms with van der Waals surface area (Å²) in [5.41, 5.74) is 1.57. The third-order valence-corrected chi connectivity index (χ3v) is 6.63. The van der Waals surface area contributed by atoms with Crippen molar-refractivity contribution in [3.8, 4) is 12.0 Å². The lowest BCUT2D eigenvalue weighted by molar-refractivity contribution is 0.267. The number of rotatable bonds is 10. The Balaban J connectivity index is 1.77. The second-order valence-corrected chi connectivity index (χ2v) is 10.5. The normalized spacial score (nSPS) is 17.1. The van der Waals surface area contributed by atoms with Crippen molar-refractivity contribution < 1.29 is 9.47 Å². The highest BCUT2D eigenvalue weighted by Crippen LogP contribution is 2.34. The smallest absolute Gasteiger partial charge is 0.319 e. The molecule has 0 N–H and O–H groups in total. The number of hydrogen-bond donors (Lipinski definition) is 0. The van der Waals surface area contributed by atoms with E-state index in [1.165, 1.54) is 12.8 Å². The van der Waals surface area contributed by atoms with Gasteiger partial charge in [0.05, 0.1) is 13.2 Å². The van der Waals surface area contributed by atoms with Crippen LogP contribution < -0.4 is 19.3 Å². The Labute approximate surface area is 204 Å². The molecule has 2 aliphatic heterocycles. The van der Waals surface area contributed by atoms with E-state index in [0.29, 0.717) is 37.1 Å². The summed E-state index contributed by atoms with van der Waals surface area (Å²) in [4.78, 5) is 24.2. The molecule has 0 spiro atoms. The van der Waals surface area contributed by atoms with Gasteiger partial charge in [0.2, 0.25) is 0 Å². The minimum Gasteiger partial charge on any atom is -0.463 e. The largest absolute Gasteiger partial charge is 0.463 e. The number of anilines is 2. The molecule has 4 heterocycles. The summed E-state index contributed by atoms with van der Waals surface area (Å²) in [5.74, 6) is 2.86. The van der Waals surface area contributed by atoms with Crippen LogP contribution in [0.4, 0.5) is 11.6 Å². The standard InChI is InChI=1S/C26H42N6O2/c1-19(2)11-17-33-25-27-21-22(23(29-25)31-13-7-5-8-14-31)28-26(34-18-12-20(3)4)30-24(21)32-15-9-6-10-16-32/h19-20H,5-18H2,1-4H3. The third-order valence-electron chi connectivity index (χ3n) is 6.63. The Morgan fingerprint density at radius 2 is 0.971 bits per heavy atom. The molecule has 0 radical (unpaired) electrons. The summed E-state index contributed by atoms with van der Waals surface area (Å²) in [5, 5.41) is 0. The molecular weight excluding hydrogens is 428 g/mol. The molecule has 8 heteroatoms. The Hall–Kier alpha value is -2.38. The summed E-state index contributed by atoms with van der Waals surface area (Å²) in [7, 11) is 0. The Kier molecular flexibility index (Phi) is 8.62. The highest BCUT2D eigenvalue weighted by molar-refractivity contribution is 5.93. The molecule has 2 aliphatic rings. The summed E-state index contributed by atoms with van der Waals surface area (Å²) in [6.07, 6.45) is 9.11. The van der Waals surface area contributed by atoms with Crippen LogP contribution in [0.3, 0.4) is 0 Å². The van der Waals surface area contributed by atoms with E-state index in [0.717, 1.165) is 87.4 Å². The Morgan fingerprint density at radius 3 is 1.32 bits per heavy atom. The first-order valence-electron chi connectivity index (χ1n) is 13.4. The number of ether oxygens (including phenoxy) is 2. The SMILES string of the molecule is CC(C)CCOc1nc(N2CCCCC2)c2nc(OCCC(C)C)nc(N3CCCCC3)c2n1. The zero-order valence-electron chi connectivity index (χ0n) is 21.6. The first-order chi connectivity index (χ1) is 16.5. The summed E-state index contributed by atoms with van der Waals surface area (Å²) >= 11 is 0. The number of fused-ring (bicyclic) bond motifs is 1. The van der Waals surface area contributed by atoms with Gasteiger partial charge < -0.3 is 19.3 Å². The van der Waals surface area contributed by atoms with Gasteiger partial charge in [-0.2, -0.15) is 19.9 Å². The zero-order valence-corrected chi connectivity index (χ0v) is 21.6. The average Bonchev–Trinajstić information content (AvgIpc) is 2.84. The maximum atomic E-state index is 6.07. The number of aromatic nitrogens is 4. The summed E-state index contributed by atoms with van der Waals surface area (Å²) in [6.45, 7) is 13.9. The highest BCUT2D eigenvalue weighted by Gasteiger charge is 2.25. The van der Waals surface area contributed by atoms with E-state index in [4.69, 9.17) is 29.4 Å². The Morgan fingerprint density at radius 1 is 0.588 bits per heavy atom. The fraction of sp³-hybridized carbons (Fsp3) is 0.769. The molecule has 8 nitrogen and oxygen atoms in total. The molecule has 0 unspecified atom stereocenters. The van der Waals surface area contributed by atoms with Gasteiger partial charge in [-0.15, -0.1) is 0 Å². The molecule has 2 fully saturated rings. The van der Waals surface area contributed by atoms with Crippen molar-refractivity contribution in [1.29, 1.82) is 0 Å². The predicted molar refractivity (Wildman–Crippen MR) is 137 cm³/mol. The van der Waals surface area contributed by atoms with Crippen LogP contribution in [0, 0.1) is 11.8 Å². The lowest BCUT2D eigenvalue weighted by Gasteiger charge is -2.30. The van der Waals surface area contributed by atoms with E-state index in [9.17, 15) is 0 Å². The molecule has 2 aromatic rings. The van der Waals surface area contributed by atoms with Crippen LogP contribution in [0.2, 0.25) is 0 Å². The van der Waals surface area contributed by atoms with Gasteiger partial charge in [-0.1, -0.05) is 27.7 Å². The lowest BCUT2D eigenvalue weighted by Crippen LogP contribution is -2.32. The molecule has 34 heavy (non-hydrogen) atoms. The molecule has 0 aromatic carbocycles. The van der Waals surface area contributed by atoms with E-state index in [2.05, 4.69) is 37.5 Å². The lowest BCUT2D eigenvalue weighted by atomic mass is 10.1. The first-order valence-corrected chi connectivity index (χ1v) is 13.4. The molecule has 0 bridgehead atoms. The molecule has 0 atom stereocenters. The van der Waals surface area contributed by atoms with Crippen molar-refractivity contribution in [2.24, 2.45) is 11.8 Å². The van der Waals surface area contributed by atoms with Crippen LogP contribution in [-0.2, 0) is 0 Å². The first kappa shape index (κ1) is 24.7. The van der Waals surface area contributed by atoms with Crippen LogP contribution >= 0.6 is 0 Å². The van der Waals surface area contributed by atoms with Crippen molar-refractivity contribution in [2.75, 3.05) is 49.2 Å². The fourth-order valence-electron chi connectivity index (χ4n) is 4.50.